The predicted molar refractivity (Wildman–Crippen MR) is 82.1 cm³/mol. The number of benzene rings is 1. The molecule has 0 unspecified atom stereocenters. The number of rotatable bonds is 3. The van der Waals surface area contributed by atoms with Gasteiger partial charge in [-0.1, -0.05) is 12.1 Å². The van der Waals surface area contributed by atoms with Crippen molar-refractivity contribution in [2.24, 2.45) is 0 Å². The van der Waals surface area contributed by atoms with Crippen LogP contribution in [-0.4, -0.2) is 40.5 Å². The Morgan fingerprint density at radius 3 is 3.09 bits per heavy atom. The van der Waals surface area contributed by atoms with Crippen molar-refractivity contribution in [1.82, 2.24) is 14.9 Å². The zero-order chi connectivity index (χ0) is 16.2. The standard InChI is InChI=1S/C17H18FN3O2/c1-12-19-6-5-15(20-12)16-11-21(7-8-23-16)17(22)10-13-3-2-4-14(18)9-13/h2-6,9,16H,7-8,10-11H2,1H3/t16-/m1/s1. The first kappa shape index (κ1) is 15.6. The molecule has 1 aromatic carbocycles. The molecule has 1 atom stereocenters. The molecule has 1 saturated heterocycles. The second-order valence-corrected chi connectivity index (χ2v) is 5.53. The highest BCUT2D eigenvalue weighted by Crippen LogP contribution is 2.21. The molecule has 120 valence electrons. The number of hydrogen-bond acceptors (Lipinski definition) is 4. The fraction of sp³-hybridized carbons (Fsp3) is 0.353. The van der Waals surface area contributed by atoms with E-state index in [1.165, 1.54) is 12.1 Å². The summed E-state index contributed by atoms with van der Waals surface area (Å²) in [5.74, 6) is 0.315. The van der Waals surface area contributed by atoms with Crippen LogP contribution in [0.2, 0.25) is 0 Å². The Hall–Kier alpha value is -2.34. The molecule has 5 nitrogen and oxygen atoms in total. The first-order valence-electron chi connectivity index (χ1n) is 7.55. The van der Waals surface area contributed by atoms with Gasteiger partial charge in [-0.05, 0) is 30.7 Å². The van der Waals surface area contributed by atoms with Gasteiger partial charge in [0.1, 0.15) is 17.7 Å². The average Bonchev–Trinajstić information content (AvgIpc) is 2.55. The molecule has 0 spiro atoms. The molecule has 23 heavy (non-hydrogen) atoms. The molecule has 2 heterocycles. The van der Waals surface area contributed by atoms with Crippen LogP contribution in [0.1, 0.15) is 23.2 Å². The van der Waals surface area contributed by atoms with Crippen molar-refractivity contribution in [3.05, 3.63) is 59.4 Å². The molecule has 1 fully saturated rings. The van der Waals surface area contributed by atoms with Crippen molar-refractivity contribution in [2.75, 3.05) is 19.7 Å². The number of amides is 1. The van der Waals surface area contributed by atoms with Crippen LogP contribution < -0.4 is 0 Å². The molecule has 2 aromatic rings. The summed E-state index contributed by atoms with van der Waals surface area (Å²) in [6.07, 6.45) is 1.63. The third-order valence-corrected chi connectivity index (χ3v) is 3.79. The van der Waals surface area contributed by atoms with Gasteiger partial charge in [0.25, 0.3) is 0 Å². The fourth-order valence-corrected chi connectivity index (χ4v) is 2.64. The van der Waals surface area contributed by atoms with Crippen molar-refractivity contribution >= 4 is 5.91 Å². The van der Waals surface area contributed by atoms with Crippen LogP contribution in [0, 0.1) is 12.7 Å². The van der Waals surface area contributed by atoms with Crippen LogP contribution in [0.15, 0.2) is 36.5 Å². The maximum atomic E-state index is 13.2. The number of halogens is 1. The number of carbonyl (C=O) groups is 1. The van der Waals surface area contributed by atoms with Gasteiger partial charge in [-0.25, -0.2) is 14.4 Å². The predicted octanol–water partition coefficient (Wildman–Crippen LogP) is 2.07. The van der Waals surface area contributed by atoms with E-state index in [0.29, 0.717) is 31.1 Å². The lowest BCUT2D eigenvalue weighted by molar-refractivity contribution is -0.138. The average molecular weight is 315 g/mol. The molecule has 1 aromatic heterocycles. The molecular weight excluding hydrogens is 297 g/mol. The molecule has 0 bridgehead atoms. The Morgan fingerprint density at radius 1 is 1.43 bits per heavy atom. The second kappa shape index (κ2) is 6.83. The third-order valence-electron chi connectivity index (χ3n) is 3.79. The largest absolute Gasteiger partial charge is 0.368 e. The number of morpholine rings is 1. The van der Waals surface area contributed by atoms with Gasteiger partial charge >= 0.3 is 0 Å². The summed E-state index contributed by atoms with van der Waals surface area (Å²) >= 11 is 0. The molecule has 1 amide bonds. The zero-order valence-corrected chi connectivity index (χ0v) is 12.9. The lowest BCUT2D eigenvalue weighted by atomic mass is 10.1. The number of ether oxygens (including phenoxy) is 1. The topological polar surface area (TPSA) is 55.3 Å². The first-order valence-corrected chi connectivity index (χ1v) is 7.55. The Bertz CT molecular complexity index is 708. The number of hydrogen-bond donors (Lipinski definition) is 0. The van der Waals surface area contributed by atoms with Crippen molar-refractivity contribution in [1.29, 1.82) is 0 Å². The number of aryl methyl sites for hydroxylation is 1. The summed E-state index contributed by atoms with van der Waals surface area (Å²) in [5, 5.41) is 0. The van der Waals surface area contributed by atoms with E-state index in [1.54, 1.807) is 29.3 Å². The van der Waals surface area contributed by atoms with Crippen molar-refractivity contribution < 1.29 is 13.9 Å². The van der Waals surface area contributed by atoms with Gasteiger partial charge < -0.3 is 9.64 Å². The van der Waals surface area contributed by atoms with Crippen LogP contribution in [-0.2, 0) is 16.0 Å². The van der Waals surface area contributed by atoms with E-state index in [2.05, 4.69) is 9.97 Å². The molecule has 3 rings (SSSR count). The SMILES string of the molecule is Cc1nccc([C@H]2CN(C(=O)Cc3cccc(F)c3)CCO2)n1. The number of nitrogens with zero attached hydrogens (tertiary/aromatic N) is 3. The van der Waals surface area contributed by atoms with E-state index in [4.69, 9.17) is 4.74 Å². The highest BCUT2D eigenvalue weighted by Gasteiger charge is 2.26. The van der Waals surface area contributed by atoms with E-state index in [0.717, 1.165) is 5.69 Å². The first-order chi connectivity index (χ1) is 11.1. The summed E-state index contributed by atoms with van der Waals surface area (Å²) in [7, 11) is 0. The van der Waals surface area contributed by atoms with Crippen molar-refractivity contribution in [2.45, 2.75) is 19.4 Å². The monoisotopic (exact) mass is 315 g/mol. The van der Waals surface area contributed by atoms with Crippen molar-refractivity contribution in [3.8, 4) is 0 Å². The summed E-state index contributed by atoms with van der Waals surface area (Å²) in [6.45, 7) is 3.27. The minimum Gasteiger partial charge on any atom is -0.368 e. The summed E-state index contributed by atoms with van der Waals surface area (Å²) in [4.78, 5) is 22.6. The van der Waals surface area contributed by atoms with Crippen LogP contribution in [0.4, 0.5) is 4.39 Å². The van der Waals surface area contributed by atoms with Crippen LogP contribution in [0.3, 0.4) is 0 Å². The number of carbonyl (C=O) groups excluding carboxylic acids is 1. The lowest BCUT2D eigenvalue weighted by Gasteiger charge is -2.32. The van der Waals surface area contributed by atoms with Crippen LogP contribution >= 0.6 is 0 Å². The molecule has 0 radical (unpaired) electrons. The Balaban J connectivity index is 1.67. The maximum Gasteiger partial charge on any atom is 0.227 e. The lowest BCUT2D eigenvalue weighted by Crippen LogP contribution is -2.43. The Kier molecular flexibility index (Phi) is 4.62. The zero-order valence-electron chi connectivity index (χ0n) is 12.9. The van der Waals surface area contributed by atoms with Gasteiger partial charge in [-0.15, -0.1) is 0 Å². The van der Waals surface area contributed by atoms with Gasteiger partial charge in [0.05, 0.1) is 25.3 Å². The Morgan fingerprint density at radius 2 is 2.30 bits per heavy atom. The molecule has 1 aliphatic heterocycles. The summed E-state index contributed by atoms with van der Waals surface area (Å²) in [6, 6.07) is 7.94. The van der Waals surface area contributed by atoms with Gasteiger partial charge in [0.2, 0.25) is 5.91 Å². The van der Waals surface area contributed by atoms with E-state index >= 15 is 0 Å². The van der Waals surface area contributed by atoms with Crippen LogP contribution in [0.25, 0.3) is 0 Å². The highest BCUT2D eigenvalue weighted by atomic mass is 19.1. The molecule has 0 aliphatic carbocycles. The minimum atomic E-state index is -0.327. The molecular formula is C17H18FN3O2. The summed E-state index contributed by atoms with van der Waals surface area (Å²) in [5.41, 5.74) is 1.46. The minimum absolute atomic E-state index is 0.0327. The van der Waals surface area contributed by atoms with Gasteiger partial charge in [-0.2, -0.15) is 0 Å². The normalized spacial score (nSPS) is 18.0. The third kappa shape index (κ3) is 3.90. The van der Waals surface area contributed by atoms with E-state index < -0.39 is 0 Å². The Labute approximate surface area is 134 Å². The van der Waals surface area contributed by atoms with Crippen molar-refractivity contribution in [3.63, 3.8) is 0 Å². The molecule has 6 heteroatoms. The van der Waals surface area contributed by atoms with E-state index in [9.17, 15) is 9.18 Å². The van der Waals surface area contributed by atoms with Gasteiger partial charge in [-0.3, -0.25) is 4.79 Å². The van der Waals surface area contributed by atoms with Gasteiger partial charge in [0.15, 0.2) is 0 Å². The van der Waals surface area contributed by atoms with E-state index in [1.807, 2.05) is 6.92 Å². The molecule has 0 N–H and O–H groups in total. The van der Waals surface area contributed by atoms with Crippen LogP contribution in [0.5, 0.6) is 0 Å². The highest BCUT2D eigenvalue weighted by molar-refractivity contribution is 5.78. The smallest absolute Gasteiger partial charge is 0.227 e. The quantitative estimate of drug-likeness (QED) is 0.870. The van der Waals surface area contributed by atoms with E-state index in [-0.39, 0.29) is 24.2 Å². The summed E-state index contributed by atoms with van der Waals surface area (Å²) < 4.78 is 18.9. The van der Waals surface area contributed by atoms with Gasteiger partial charge in [0, 0.05) is 12.7 Å². The fourth-order valence-electron chi connectivity index (χ4n) is 2.64. The second-order valence-electron chi connectivity index (χ2n) is 5.53. The molecule has 1 aliphatic rings. The molecule has 0 saturated carbocycles. The maximum absolute atomic E-state index is 13.2. The number of aromatic nitrogens is 2.